The Morgan fingerprint density at radius 3 is 2.18 bits per heavy atom. The third-order valence-electron chi connectivity index (χ3n) is 3.66. The molecular weight excluding hydrogens is 284 g/mol. The van der Waals surface area contributed by atoms with Crippen LogP contribution in [0.4, 0.5) is 0 Å². The molecule has 1 atom stereocenters. The zero-order valence-electron chi connectivity index (χ0n) is 13.3. The summed E-state index contributed by atoms with van der Waals surface area (Å²) in [6.07, 6.45) is 7.11. The highest BCUT2D eigenvalue weighted by Crippen LogP contribution is 2.35. The molecule has 0 fully saturated rings. The molecule has 0 spiro atoms. The molecule has 0 aliphatic rings. The van der Waals surface area contributed by atoms with Crippen molar-refractivity contribution < 1.29 is 24.9 Å². The number of benzene rings is 1. The van der Waals surface area contributed by atoms with Gasteiger partial charge in [0.05, 0.1) is 5.56 Å². The Morgan fingerprint density at radius 2 is 1.64 bits per heavy atom. The van der Waals surface area contributed by atoms with Gasteiger partial charge in [-0.3, -0.25) is 0 Å². The molecule has 5 heteroatoms. The van der Waals surface area contributed by atoms with Crippen molar-refractivity contribution in [2.45, 2.75) is 64.9 Å². The fourth-order valence-electron chi connectivity index (χ4n) is 2.26. The first-order valence-corrected chi connectivity index (χ1v) is 7.95. The lowest BCUT2D eigenvalue weighted by molar-refractivity contribution is 0.0266. The minimum absolute atomic E-state index is 0.0252. The van der Waals surface area contributed by atoms with E-state index in [9.17, 15) is 20.1 Å². The maximum absolute atomic E-state index is 12.0. The lowest BCUT2D eigenvalue weighted by atomic mass is 10.1. The van der Waals surface area contributed by atoms with E-state index in [1.54, 1.807) is 0 Å². The molecule has 1 aromatic rings. The molecule has 1 aromatic carbocycles. The molecule has 0 aliphatic carbocycles. The summed E-state index contributed by atoms with van der Waals surface area (Å²) < 4.78 is 5.40. The first-order chi connectivity index (χ1) is 10.5. The van der Waals surface area contributed by atoms with E-state index < -0.39 is 23.2 Å². The number of rotatable bonds is 9. The fraction of sp³-hybridized carbons (Fsp3) is 0.588. The van der Waals surface area contributed by atoms with Crippen molar-refractivity contribution in [3.8, 4) is 17.2 Å². The Labute approximate surface area is 131 Å². The number of hydrogen-bond donors (Lipinski definition) is 3. The van der Waals surface area contributed by atoms with Gasteiger partial charge in [-0.1, -0.05) is 39.5 Å². The predicted molar refractivity (Wildman–Crippen MR) is 84.3 cm³/mol. The van der Waals surface area contributed by atoms with Crippen molar-refractivity contribution in [2.75, 3.05) is 0 Å². The summed E-state index contributed by atoms with van der Waals surface area (Å²) in [5.41, 5.74) is 0.0252. The fourth-order valence-corrected chi connectivity index (χ4v) is 2.26. The van der Waals surface area contributed by atoms with E-state index in [0.29, 0.717) is 0 Å². The van der Waals surface area contributed by atoms with Gasteiger partial charge in [0.15, 0.2) is 17.2 Å². The van der Waals surface area contributed by atoms with Gasteiger partial charge < -0.3 is 20.1 Å². The van der Waals surface area contributed by atoms with Crippen LogP contribution in [0.3, 0.4) is 0 Å². The second-order valence-electron chi connectivity index (χ2n) is 5.50. The summed E-state index contributed by atoms with van der Waals surface area (Å²) in [5.74, 6) is -2.33. The quantitative estimate of drug-likeness (QED) is 0.363. The number of phenols is 3. The molecule has 0 bridgehead atoms. The van der Waals surface area contributed by atoms with Crippen LogP contribution >= 0.6 is 0 Å². The van der Waals surface area contributed by atoms with Crippen LogP contribution in [-0.4, -0.2) is 27.4 Å². The molecule has 0 aromatic heterocycles. The van der Waals surface area contributed by atoms with Gasteiger partial charge in [-0.05, 0) is 31.4 Å². The number of unbranched alkanes of at least 4 members (excludes halogenated alkanes) is 4. The van der Waals surface area contributed by atoms with E-state index in [-0.39, 0.29) is 11.7 Å². The Kier molecular flexibility index (Phi) is 7.57. The largest absolute Gasteiger partial charge is 0.504 e. The first kappa shape index (κ1) is 18.1. The average Bonchev–Trinajstić information content (AvgIpc) is 2.50. The Morgan fingerprint density at radius 1 is 1.05 bits per heavy atom. The Bertz CT molecular complexity index is 461. The van der Waals surface area contributed by atoms with Gasteiger partial charge in [-0.2, -0.15) is 0 Å². The molecule has 0 heterocycles. The average molecular weight is 310 g/mol. The molecule has 0 aliphatic heterocycles. The van der Waals surface area contributed by atoms with Crippen LogP contribution in [0.2, 0.25) is 0 Å². The summed E-state index contributed by atoms with van der Waals surface area (Å²) in [6, 6.07) is 2.18. The Hall–Kier alpha value is -1.91. The standard InChI is InChI=1S/C17H26O5/c1-3-5-6-7-8-9-13(4-2)22-17(21)12-10-14(18)16(20)15(19)11-12/h10-11,13,18-20H,3-9H2,1-2H3. The summed E-state index contributed by atoms with van der Waals surface area (Å²) >= 11 is 0. The molecule has 5 nitrogen and oxygen atoms in total. The predicted octanol–water partition coefficient (Wildman–Crippen LogP) is 4.10. The number of phenolic OH excluding ortho intramolecular Hbond substituents is 3. The van der Waals surface area contributed by atoms with Gasteiger partial charge in [-0.15, -0.1) is 0 Å². The zero-order chi connectivity index (χ0) is 16.5. The van der Waals surface area contributed by atoms with E-state index in [2.05, 4.69) is 6.92 Å². The van der Waals surface area contributed by atoms with Gasteiger partial charge in [0.1, 0.15) is 6.10 Å². The number of hydrogen-bond acceptors (Lipinski definition) is 5. The molecule has 0 amide bonds. The van der Waals surface area contributed by atoms with Crippen molar-refractivity contribution in [3.05, 3.63) is 17.7 Å². The topological polar surface area (TPSA) is 87.0 Å². The number of aromatic hydroxyl groups is 3. The number of esters is 1. The van der Waals surface area contributed by atoms with Gasteiger partial charge in [0.25, 0.3) is 0 Å². The van der Waals surface area contributed by atoms with Crippen LogP contribution in [0.5, 0.6) is 17.2 Å². The second-order valence-corrected chi connectivity index (χ2v) is 5.50. The van der Waals surface area contributed by atoms with E-state index in [0.717, 1.165) is 37.8 Å². The molecule has 124 valence electrons. The van der Waals surface area contributed by atoms with Crippen molar-refractivity contribution in [1.29, 1.82) is 0 Å². The van der Waals surface area contributed by atoms with Crippen molar-refractivity contribution in [3.63, 3.8) is 0 Å². The molecule has 22 heavy (non-hydrogen) atoms. The molecular formula is C17H26O5. The summed E-state index contributed by atoms with van der Waals surface area (Å²) in [6.45, 7) is 4.12. The SMILES string of the molecule is CCCCCCCC(CC)OC(=O)c1cc(O)c(O)c(O)c1. The van der Waals surface area contributed by atoms with E-state index in [1.807, 2.05) is 6.92 Å². The third kappa shape index (κ3) is 5.47. The smallest absolute Gasteiger partial charge is 0.338 e. The molecule has 1 rings (SSSR count). The van der Waals surface area contributed by atoms with Crippen LogP contribution in [0.1, 0.15) is 69.2 Å². The first-order valence-electron chi connectivity index (χ1n) is 7.95. The summed E-state index contributed by atoms with van der Waals surface area (Å²) in [4.78, 5) is 12.0. The van der Waals surface area contributed by atoms with Crippen LogP contribution < -0.4 is 0 Å². The molecule has 0 radical (unpaired) electrons. The summed E-state index contributed by atoms with van der Waals surface area (Å²) in [5, 5.41) is 28.1. The highest BCUT2D eigenvalue weighted by Gasteiger charge is 2.18. The van der Waals surface area contributed by atoms with Crippen LogP contribution in [-0.2, 0) is 4.74 Å². The maximum Gasteiger partial charge on any atom is 0.338 e. The van der Waals surface area contributed by atoms with Gasteiger partial charge in [0.2, 0.25) is 0 Å². The molecule has 3 N–H and O–H groups in total. The van der Waals surface area contributed by atoms with Crippen molar-refractivity contribution in [1.82, 2.24) is 0 Å². The second kappa shape index (κ2) is 9.18. The Balaban J connectivity index is 2.54. The highest BCUT2D eigenvalue weighted by molar-refractivity contribution is 5.91. The van der Waals surface area contributed by atoms with E-state index in [1.165, 1.54) is 19.3 Å². The third-order valence-corrected chi connectivity index (χ3v) is 3.66. The van der Waals surface area contributed by atoms with Crippen molar-refractivity contribution in [2.24, 2.45) is 0 Å². The van der Waals surface area contributed by atoms with E-state index >= 15 is 0 Å². The van der Waals surface area contributed by atoms with Crippen LogP contribution in [0.25, 0.3) is 0 Å². The highest BCUT2D eigenvalue weighted by atomic mass is 16.5. The molecule has 0 saturated heterocycles. The molecule has 0 saturated carbocycles. The minimum atomic E-state index is -0.639. The number of ether oxygens (including phenoxy) is 1. The van der Waals surface area contributed by atoms with Crippen LogP contribution in [0.15, 0.2) is 12.1 Å². The van der Waals surface area contributed by atoms with Crippen molar-refractivity contribution >= 4 is 5.97 Å². The maximum atomic E-state index is 12.0. The minimum Gasteiger partial charge on any atom is -0.504 e. The molecule has 1 unspecified atom stereocenters. The summed E-state index contributed by atoms with van der Waals surface area (Å²) in [7, 11) is 0. The van der Waals surface area contributed by atoms with Gasteiger partial charge in [0, 0.05) is 0 Å². The monoisotopic (exact) mass is 310 g/mol. The van der Waals surface area contributed by atoms with Crippen LogP contribution in [0, 0.1) is 0 Å². The number of carbonyl (C=O) groups excluding carboxylic acids is 1. The van der Waals surface area contributed by atoms with E-state index in [4.69, 9.17) is 4.74 Å². The van der Waals surface area contributed by atoms with Gasteiger partial charge >= 0.3 is 5.97 Å². The lowest BCUT2D eigenvalue weighted by Crippen LogP contribution is -2.17. The number of carbonyl (C=O) groups is 1. The van der Waals surface area contributed by atoms with Gasteiger partial charge in [-0.25, -0.2) is 4.79 Å². The normalized spacial score (nSPS) is 12.1. The lowest BCUT2D eigenvalue weighted by Gasteiger charge is -2.16. The zero-order valence-corrected chi connectivity index (χ0v) is 13.3.